The van der Waals surface area contributed by atoms with E-state index >= 15 is 0 Å². The van der Waals surface area contributed by atoms with Gasteiger partial charge >= 0.3 is 6.18 Å². The summed E-state index contributed by atoms with van der Waals surface area (Å²) < 4.78 is 37.8. The number of carbonyl (C=O) groups excluding carboxylic acids is 2. The fourth-order valence-electron chi connectivity index (χ4n) is 3.17. The average Bonchev–Trinajstić information content (AvgIpc) is 2.69. The molecule has 2 aromatic rings. The second-order valence-corrected chi connectivity index (χ2v) is 7.31. The Morgan fingerprint density at radius 3 is 2.31 bits per heavy atom. The first-order valence-electron chi connectivity index (χ1n) is 9.09. The molecule has 2 amide bonds. The third-order valence-electron chi connectivity index (χ3n) is 4.83. The molecule has 1 N–H and O–H groups in total. The molecule has 0 saturated carbocycles. The van der Waals surface area contributed by atoms with Gasteiger partial charge in [-0.1, -0.05) is 23.7 Å². The van der Waals surface area contributed by atoms with E-state index in [0.717, 1.165) is 12.1 Å². The molecule has 0 unspecified atom stereocenters. The first kappa shape index (κ1) is 21.1. The Morgan fingerprint density at radius 1 is 1.10 bits per heavy atom. The van der Waals surface area contributed by atoms with Gasteiger partial charge < -0.3 is 10.2 Å². The normalized spacial score (nSPS) is 15.2. The number of piperidine rings is 1. The van der Waals surface area contributed by atoms with Gasteiger partial charge in [0.1, 0.15) is 5.82 Å². The molecule has 1 saturated heterocycles. The van der Waals surface area contributed by atoms with Gasteiger partial charge in [0, 0.05) is 25.2 Å². The number of rotatable bonds is 4. The van der Waals surface area contributed by atoms with Crippen LogP contribution in [0.15, 0.2) is 42.6 Å². The van der Waals surface area contributed by atoms with E-state index in [-0.39, 0.29) is 24.2 Å². The van der Waals surface area contributed by atoms with Crippen molar-refractivity contribution in [2.75, 3.05) is 18.4 Å². The standard InChI is InChI=1S/C20H19ClF3N3O2/c21-16-5-6-17(25-12-16)26-19(29)14-7-9-27(10-8-14)18(28)11-13-1-3-15(4-2-13)20(22,23)24/h1-6,12,14H,7-11H2,(H,25,26,29). The number of halogens is 4. The van der Waals surface area contributed by atoms with Crippen molar-refractivity contribution in [3.63, 3.8) is 0 Å². The van der Waals surface area contributed by atoms with Crippen molar-refractivity contribution in [3.05, 3.63) is 58.7 Å². The van der Waals surface area contributed by atoms with E-state index in [9.17, 15) is 22.8 Å². The molecule has 0 aliphatic carbocycles. The molecule has 1 aliphatic heterocycles. The van der Waals surface area contributed by atoms with E-state index in [4.69, 9.17) is 11.6 Å². The van der Waals surface area contributed by atoms with E-state index in [2.05, 4.69) is 10.3 Å². The predicted octanol–water partition coefficient (Wildman–Crippen LogP) is 4.17. The predicted molar refractivity (Wildman–Crippen MR) is 102 cm³/mol. The second kappa shape index (κ2) is 8.82. The molecule has 1 aromatic heterocycles. The van der Waals surface area contributed by atoms with Crippen molar-refractivity contribution >= 4 is 29.2 Å². The van der Waals surface area contributed by atoms with Gasteiger partial charge in [-0.3, -0.25) is 9.59 Å². The molecule has 2 heterocycles. The molecule has 0 radical (unpaired) electrons. The number of benzene rings is 1. The van der Waals surface area contributed by atoms with Gasteiger partial charge in [-0.05, 0) is 42.7 Å². The Balaban J connectivity index is 1.49. The van der Waals surface area contributed by atoms with Gasteiger partial charge in [0.05, 0.1) is 17.0 Å². The van der Waals surface area contributed by atoms with Gasteiger partial charge in [-0.25, -0.2) is 4.98 Å². The molecule has 1 aliphatic rings. The van der Waals surface area contributed by atoms with Crippen LogP contribution in [0.1, 0.15) is 24.0 Å². The van der Waals surface area contributed by atoms with E-state index in [0.29, 0.717) is 42.3 Å². The van der Waals surface area contributed by atoms with Gasteiger partial charge in [0.2, 0.25) is 11.8 Å². The Bertz CT molecular complexity index is 862. The number of amides is 2. The van der Waals surface area contributed by atoms with E-state index in [1.807, 2.05) is 0 Å². The maximum Gasteiger partial charge on any atom is 0.416 e. The maximum atomic E-state index is 12.6. The van der Waals surface area contributed by atoms with E-state index in [1.165, 1.54) is 18.3 Å². The van der Waals surface area contributed by atoms with Crippen LogP contribution in [0, 0.1) is 5.92 Å². The highest BCUT2D eigenvalue weighted by atomic mass is 35.5. The van der Waals surface area contributed by atoms with Crippen molar-refractivity contribution in [1.29, 1.82) is 0 Å². The summed E-state index contributed by atoms with van der Waals surface area (Å²) in [5.41, 5.74) is -0.215. The minimum Gasteiger partial charge on any atom is -0.342 e. The summed E-state index contributed by atoms with van der Waals surface area (Å²) >= 11 is 5.77. The summed E-state index contributed by atoms with van der Waals surface area (Å²) in [5.74, 6) is -0.138. The number of alkyl halides is 3. The lowest BCUT2D eigenvalue weighted by Gasteiger charge is -2.31. The molecular weight excluding hydrogens is 407 g/mol. The third-order valence-corrected chi connectivity index (χ3v) is 5.06. The Labute approximate surface area is 170 Å². The van der Waals surface area contributed by atoms with Crippen LogP contribution in [0.4, 0.5) is 19.0 Å². The molecule has 0 bridgehead atoms. The summed E-state index contributed by atoms with van der Waals surface area (Å²) in [6.45, 7) is 0.844. The number of aromatic nitrogens is 1. The molecule has 29 heavy (non-hydrogen) atoms. The van der Waals surface area contributed by atoms with Crippen LogP contribution in [0.5, 0.6) is 0 Å². The molecule has 1 fully saturated rings. The Morgan fingerprint density at radius 2 is 1.76 bits per heavy atom. The quantitative estimate of drug-likeness (QED) is 0.799. The zero-order valence-corrected chi connectivity index (χ0v) is 16.1. The monoisotopic (exact) mass is 425 g/mol. The van der Waals surface area contributed by atoms with Crippen LogP contribution in [-0.2, 0) is 22.2 Å². The zero-order valence-electron chi connectivity index (χ0n) is 15.4. The summed E-state index contributed by atoms with van der Waals surface area (Å²) in [7, 11) is 0. The van der Waals surface area contributed by atoms with Crippen molar-refractivity contribution in [3.8, 4) is 0 Å². The Kier molecular flexibility index (Phi) is 6.42. The third kappa shape index (κ3) is 5.69. The van der Waals surface area contributed by atoms with Crippen molar-refractivity contribution in [1.82, 2.24) is 9.88 Å². The molecular formula is C20H19ClF3N3O2. The first-order chi connectivity index (χ1) is 13.7. The number of nitrogens with one attached hydrogen (secondary N) is 1. The minimum atomic E-state index is -4.40. The lowest BCUT2D eigenvalue weighted by atomic mass is 9.95. The second-order valence-electron chi connectivity index (χ2n) is 6.88. The topological polar surface area (TPSA) is 62.3 Å². The number of hydrogen-bond acceptors (Lipinski definition) is 3. The summed E-state index contributed by atoms with van der Waals surface area (Å²) in [6.07, 6.45) is -1.90. The number of hydrogen-bond donors (Lipinski definition) is 1. The van der Waals surface area contributed by atoms with Crippen molar-refractivity contribution in [2.45, 2.75) is 25.4 Å². The van der Waals surface area contributed by atoms with Crippen molar-refractivity contribution < 1.29 is 22.8 Å². The first-order valence-corrected chi connectivity index (χ1v) is 9.46. The number of carbonyl (C=O) groups is 2. The summed E-state index contributed by atoms with van der Waals surface area (Å²) in [5, 5.41) is 3.21. The zero-order chi connectivity index (χ0) is 21.0. The highest BCUT2D eigenvalue weighted by Crippen LogP contribution is 2.29. The Hall–Kier alpha value is -2.61. The van der Waals surface area contributed by atoms with Gasteiger partial charge in [-0.15, -0.1) is 0 Å². The molecule has 1 aromatic carbocycles. The summed E-state index contributed by atoms with van der Waals surface area (Å²) in [6, 6.07) is 7.84. The number of anilines is 1. The smallest absolute Gasteiger partial charge is 0.342 e. The number of pyridine rings is 1. The summed E-state index contributed by atoms with van der Waals surface area (Å²) in [4.78, 5) is 30.4. The van der Waals surface area contributed by atoms with Crippen LogP contribution < -0.4 is 5.32 Å². The minimum absolute atomic E-state index is 0.0314. The highest BCUT2D eigenvalue weighted by molar-refractivity contribution is 6.30. The fourth-order valence-corrected chi connectivity index (χ4v) is 3.28. The molecule has 3 rings (SSSR count). The SMILES string of the molecule is O=C(Nc1ccc(Cl)cn1)C1CCN(C(=O)Cc2ccc(C(F)(F)F)cc2)CC1. The van der Waals surface area contributed by atoms with Gasteiger partial charge in [0.15, 0.2) is 0 Å². The van der Waals surface area contributed by atoms with Gasteiger partial charge in [-0.2, -0.15) is 13.2 Å². The molecule has 154 valence electrons. The number of nitrogens with zero attached hydrogens (tertiary/aromatic N) is 2. The van der Waals surface area contributed by atoms with E-state index < -0.39 is 11.7 Å². The maximum absolute atomic E-state index is 12.6. The molecule has 9 heteroatoms. The molecule has 0 spiro atoms. The lowest BCUT2D eigenvalue weighted by molar-refractivity contribution is -0.137. The van der Waals surface area contributed by atoms with Crippen LogP contribution >= 0.6 is 11.6 Å². The molecule has 0 atom stereocenters. The lowest BCUT2D eigenvalue weighted by Crippen LogP contribution is -2.42. The number of likely N-dealkylation sites (tertiary alicyclic amines) is 1. The highest BCUT2D eigenvalue weighted by Gasteiger charge is 2.30. The van der Waals surface area contributed by atoms with Crippen LogP contribution in [0.2, 0.25) is 5.02 Å². The van der Waals surface area contributed by atoms with Crippen LogP contribution in [0.3, 0.4) is 0 Å². The van der Waals surface area contributed by atoms with E-state index in [1.54, 1.807) is 17.0 Å². The van der Waals surface area contributed by atoms with Crippen LogP contribution in [0.25, 0.3) is 0 Å². The fraction of sp³-hybridized carbons (Fsp3) is 0.350. The largest absolute Gasteiger partial charge is 0.416 e. The molecule has 5 nitrogen and oxygen atoms in total. The van der Waals surface area contributed by atoms with Crippen molar-refractivity contribution in [2.24, 2.45) is 5.92 Å². The van der Waals surface area contributed by atoms with Gasteiger partial charge in [0.25, 0.3) is 0 Å². The average molecular weight is 426 g/mol. The van der Waals surface area contributed by atoms with Crippen LogP contribution in [-0.4, -0.2) is 34.8 Å².